The smallest absolute Gasteiger partial charge is 0.191 e. The number of guanidine groups is 1. The van der Waals surface area contributed by atoms with Gasteiger partial charge in [0, 0.05) is 26.7 Å². The molecule has 3 rings (SSSR count). The van der Waals surface area contributed by atoms with Crippen LogP contribution in [0.1, 0.15) is 23.4 Å². The Morgan fingerprint density at radius 2 is 1.96 bits per heavy atom. The summed E-state index contributed by atoms with van der Waals surface area (Å²) < 4.78 is 7.66. The lowest BCUT2D eigenvalue weighted by atomic mass is 10.1. The molecule has 1 aromatic heterocycles. The summed E-state index contributed by atoms with van der Waals surface area (Å²) in [5.74, 6) is 2.76. The molecule has 28 heavy (non-hydrogen) atoms. The van der Waals surface area contributed by atoms with Crippen LogP contribution in [0.5, 0.6) is 5.75 Å². The third-order valence-electron chi connectivity index (χ3n) is 4.85. The molecule has 2 N–H and O–H groups in total. The molecule has 0 fully saturated rings. The first-order valence-electron chi connectivity index (χ1n) is 9.62. The van der Waals surface area contributed by atoms with Gasteiger partial charge in [0.1, 0.15) is 11.6 Å². The van der Waals surface area contributed by atoms with E-state index in [1.165, 1.54) is 5.52 Å². The molecule has 2 aromatic carbocycles. The van der Waals surface area contributed by atoms with E-state index in [4.69, 9.17) is 4.74 Å². The number of aromatic nitrogens is 2. The normalized spacial score (nSPS) is 11.6. The zero-order chi connectivity index (χ0) is 19.9. The summed E-state index contributed by atoms with van der Waals surface area (Å²) in [5, 5.41) is 6.74. The van der Waals surface area contributed by atoms with Crippen LogP contribution in [0.2, 0.25) is 0 Å². The highest BCUT2D eigenvalue weighted by Gasteiger charge is 2.06. The van der Waals surface area contributed by atoms with Gasteiger partial charge in [-0.2, -0.15) is 0 Å². The van der Waals surface area contributed by atoms with E-state index in [-0.39, 0.29) is 0 Å². The molecule has 3 aromatic rings. The summed E-state index contributed by atoms with van der Waals surface area (Å²) in [6.45, 7) is 6.56. The fraction of sp³-hybridized carbons (Fsp3) is 0.364. The van der Waals surface area contributed by atoms with E-state index in [9.17, 15) is 0 Å². The van der Waals surface area contributed by atoms with Gasteiger partial charge >= 0.3 is 0 Å². The van der Waals surface area contributed by atoms with Gasteiger partial charge in [-0.3, -0.25) is 4.99 Å². The minimum Gasteiger partial charge on any atom is -0.496 e. The number of hydrogen-bond donors (Lipinski definition) is 2. The number of nitrogens with one attached hydrogen (secondary N) is 2. The second-order valence-corrected chi connectivity index (χ2v) is 6.81. The Morgan fingerprint density at radius 1 is 1.14 bits per heavy atom. The topological polar surface area (TPSA) is 63.5 Å². The maximum absolute atomic E-state index is 5.39. The van der Waals surface area contributed by atoms with E-state index in [0.717, 1.165) is 53.7 Å². The van der Waals surface area contributed by atoms with Gasteiger partial charge in [-0.1, -0.05) is 24.3 Å². The number of rotatable bonds is 7. The van der Waals surface area contributed by atoms with Gasteiger partial charge in [0.05, 0.1) is 18.1 Å². The van der Waals surface area contributed by atoms with E-state index in [1.807, 2.05) is 13.0 Å². The lowest BCUT2D eigenvalue weighted by Gasteiger charge is -2.13. The van der Waals surface area contributed by atoms with E-state index < -0.39 is 0 Å². The predicted octanol–water partition coefficient (Wildman–Crippen LogP) is 3.42. The van der Waals surface area contributed by atoms with Crippen molar-refractivity contribution in [1.29, 1.82) is 0 Å². The van der Waals surface area contributed by atoms with Gasteiger partial charge in [0.15, 0.2) is 5.96 Å². The number of fused-ring (bicyclic) bond motifs is 1. The van der Waals surface area contributed by atoms with Gasteiger partial charge in [-0.05, 0) is 49.6 Å². The SMILES string of the molecule is CN=C(NCCCn1c(C)nc2ccccc21)NCc1ccc(C)c(OC)c1. The van der Waals surface area contributed by atoms with Crippen molar-refractivity contribution in [3.8, 4) is 5.75 Å². The monoisotopic (exact) mass is 379 g/mol. The number of aliphatic imine (C=N–C) groups is 1. The first-order valence-corrected chi connectivity index (χ1v) is 9.62. The molecule has 0 unspecified atom stereocenters. The molecular formula is C22H29N5O. The first-order chi connectivity index (χ1) is 13.6. The second kappa shape index (κ2) is 9.26. The van der Waals surface area contributed by atoms with Crippen LogP contribution < -0.4 is 15.4 Å². The zero-order valence-corrected chi connectivity index (χ0v) is 17.1. The van der Waals surface area contributed by atoms with Crippen LogP contribution in [0.3, 0.4) is 0 Å². The highest BCUT2D eigenvalue weighted by molar-refractivity contribution is 5.79. The minimum absolute atomic E-state index is 0.696. The average Bonchev–Trinajstić information content (AvgIpc) is 3.03. The molecule has 0 aliphatic carbocycles. The zero-order valence-electron chi connectivity index (χ0n) is 17.1. The lowest BCUT2D eigenvalue weighted by molar-refractivity contribution is 0.411. The van der Waals surface area contributed by atoms with E-state index in [1.54, 1.807) is 14.2 Å². The fourth-order valence-electron chi connectivity index (χ4n) is 3.30. The standard InChI is InChI=1S/C22H29N5O/c1-16-10-11-18(14-21(16)28-4)15-25-22(23-3)24-12-7-13-27-17(2)26-19-8-5-6-9-20(19)27/h5-6,8-11,14H,7,12-13,15H2,1-4H3,(H2,23,24,25). The van der Waals surface area contributed by atoms with Crippen LogP contribution in [0.25, 0.3) is 11.0 Å². The van der Waals surface area contributed by atoms with Crippen molar-refractivity contribution in [3.05, 3.63) is 59.4 Å². The Labute approximate surface area is 166 Å². The van der Waals surface area contributed by atoms with Crippen LogP contribution >= 0.6 is 0 Å². The van der Waals surface area contributed by atoms with Crippen molar-refractivity contribution in [2.75, 3.05) is 20.7 Å². The summed E-state index contributed by atoms with van der Waals surface area (Å²) in [5.41, 5.74) is 4.54. The van der Waals surface area contributed by atoms with E-state index >= 15 is 0 Å². The molecule has 1 heterocycles. The van der Waals surface area contributed by atoms with Gasteiger partial charge in [-0.25, -0.2) is 4.98 Å². The maximum atomic E-state index is 5.39. The number of methoxy groups -OCH3 is 1. The number of imidazole rings is 1. The van der Waals surface area contributed by atoms with Crippen molar-refractivity contribution in [2.45, 2.75) is 33.4 Å². The molecule has 6 nitrogen and oxygen atoms in total. The van der Waals surface area contributed by atoms with Gasteiger partial charge < -0.3 is 19.9 Å². The molecule has 0 atom stereocenters. The molecule has 0 spiro atoms. The summed E-state index contributed by atoms with van der Waals surface area (Å²) >= 11 is 0. The minimum atomic E-state index is 0.696. The third-order valence-corrected chi connectivity index (χ3v) is 4.85. The van der Waals surface area contributed by atoms with Crippen molar-refractivity contribution in [3.63, 3.8) is 0 Å². The number of benzene rings is 2. The number of nitrogens with zero attached hydrogens (tertiary/aromatic N) is 3. The maximum Gasteiger partial charge on any atom is 0.191 e. The number of para-hydroxylation sites is 2. The first kappa shape index (κ1) is 19.7. The Kier molecular flexibility index (Phi) is 6.53. The fourth-order valence-corrected chi connectivity index (χ4v) is 3.30. The highest BCUT2D eigenvalue weighted by Crippen LogP contribution is 2.19. The Balaban J connectivity index is 1.48. The third kappa shape index (κ3) is 4.63. The number of aryl methyl sites for hydroxylation is 3. The van der Waals surface area contributed by atoms with Crippen LogP contribution in [-0.2, 0) is 13.1 Å². The van der Waals surface area contributed by atoms with Crippen LogP contribution in [-0.4, -0.2) is 36.2 Å². The Morgan fingerprint density at radius 3 is 2.75 bits per heavy atom. The molecule has 0 aliphatic rings. The Hall–Kier alpha value is -3.02. The van der Waals surface area contributed by atoms with Gasteiger partial charge in [0.25, 0.3) is 0 Å². The molecule has 0 aliphatic heterocycles. The van der Waals surface area contributed by atoms with Crippen molar-refractivity contribution in [1.82, 2.24) is 20.2 Å². The van der Waals surface area contributed by atoms with Crippen LogP contribution in [0, 0.1) is 13.8 Å². The van der Waals surface area contributed by atoms with Crippen molar-refractivity contribution in [2.24, 2.45) is 4.99 Å². The molecule has 0 radical (unpaired) electrons. The average molecular weight is 380 g/mol. The largest absolute Gasteiger partial charge is 0.496 e. The predicted molar refractivity (Wildman–Crippen MR) is 115 cm³/mol. The summed E-state index contributed by atoms with van der Waals surface area (Å²) in [7, 11) is 3.49. The van der Waals surface area contributed by atoms with Crippen LogP contribution in [0.4, 0.5) is 0 Å². The lowest BCUT2D eigenvalue weighted by Crippen LogP contribution is -2.37. The van der Waals surface area contributed by atoms with Gasteiger partial charge in [-0.15, -0.1) is 0 Å². The Bertz CT molecular complexity index is 961. The highest BCUT2D eigenvalue weighted by atomic mass is 16.5. The molecule has 0 saturated carbocycles. The summed E-state index contributed by atoms with van der Waals surface area (Å²) in [4.78, 5) is 8.93. The molecule has 148 valence electrons. The van der Waals surface area contributed by atoms with Crippen molar-refractivity contribution >= 4 is 17.0 Å². The van der Waals surface area contributed by atoms with E-state index in [2.05, 4.69) is 68.5 Å². The summed E-state index contributed by atoms with van der Waals surface area (Å²) in [6, 6.07) is 14.5. The summed E-state index contributed by atoms with van der Waals surface area (Å²) in [6.07, 6.45) is 0.986. The number of ether oxygens (including phenoxy) is 1. The second-order valence-electron chi connectivity index (χ2n) is 6.81. The molecule has 0 bridgehead atoms. The van der Waals surface area contributed by atoms with E-state index in [0.29, 0.717) is 6.54 Å². The van der Waals surface area contributed by atoms with Gasteiger partial charge in [0.2, 0.25) is 0 Å². The van der Waals surface area contributed by atoms with Crippen LogP contribution in [0.15, 0.2) is 47.5 Å². The quantitative estimate of drug-likeness (QED) is 0.375. The van der Waals surface area contributed by atoms with Crippen molar-refractivity contribution < 1.29 is 4.74 Å². The molecule has 0 amide bonds. The molecular weight excluding hydrogens is 350 g/mol. The number of hydrogen-bond acceptors (Lipinski definition) is 3. The molecule has 0 saturated heterocycles. The molecule has 6 heteroatoms.